The first-order chi connectivity index (χ1) is 8.00. The Labute approximate surface area is 111 Å². The maximum atomic E-state index is 13.5. The number of hydrogen-bond acceptors (Lipinski definition) is 4. The van der Waals surface area contributed by atoms with Crippen LogP contribution in [0.1, 0.15) is 0 Å². The molecule has 1 aliphatic rings. The van der Waals surface area contributed by atoms with Crippen molar-refractivity contribution in [2.75, 3.05) is 25.0 Å². The van der Waals surface area contributed by atoms with Crippen LogP contribution in [-0.2, 0) is 0 Å². The second kappa shape index (κ2) is 4.73. The Morgan fingerprint density at radius 2 is 2.24 bits per heavy atom. The number of benzene rings is 1. The summed E-state index contributed by atoms with van der Waals surface area (Å²) in [7, 11) is 1.75. The molecule has 1 aromatic rings. The van der Waals surface area contributed by atoms with Crippen LogP contribution in [0.4, 0.5) is 15.8 Å². The van der Waals surface area contributed by atoms with Crippen LogP contribution < -0.4 is 10.2 Å². The van der Waals surface area contributed by atoms with Crippen molar-refractivity contribution < 1.29 is 9.31 Å². The summed E-state index contributed by atoms with van der Waals surface area (Å²) in [4.78, 5) is 12.2. The van der Waals surface area contributed by atoms with Crippen molar-refractivity contribution in [1.29, 1.82) is 0 Å². The predicted molar refractivity (Wildman–Crippen MR) is 70.8 cm³/mol. The van der Waals surface area contributed by atoms with E-state index in [0.717, 1.165) is 13.1 Å². The average molecular weight is 351 g/mol. The van der Waals surface area contributed by atoms with Gasteiger partial charge in [-0.2, -0.15) is 0 Å². The third-order valence-electron chi connectivity index (χ3n) is 2.90. The van der Waals surface area contributed by atoms with Gasteiger partial charge in [-0.3, -0.25) is 10.1 Å². The minimum absolute atomic E-state index is 0.0507. The molecule has 1 fully saturated rings. The van der Waals surface area contributed by atoms with Gasteiger partial charge in [-0.05, 0) is 22.6 Å². The Morgan fingerprint density at radius 3 is 2.71 bits per heavy atom. The first-order valence-corrected chi connectivity index (χ1v) is 6.15. The van der Waals surface area contributed by atoms with Crippen molar-refractivity contribution in [2.24, 2.45) is 0 Å². The third kappa shape index (κ3) is 2.34. The molecule has 0 bridgehead atoms. The van der Waals surface area contributed by atoms with Crippen molar-refractivity contribution in [3.63, 3.8) is 0 Å². The number of anilines is 1. The van der Waals surface area contributed by atoms with E-state index in [0.29, 0.717) is 5.69 Å². The van der Waals surface area contributed by atoms with E-state index in [1.165, 1.54) is 12.1 Å². The molecule has 7 heteroatoms. The summed E-state index contributed by atoms with van der Waals surface area (Å²) in [6.07, 6.45) is 0. The van der Waals surface area contributed by atoms with Gasteiger partial charge < -0.3 is 10.2 Å². The molecular weight excluding hydrogens is 340 g/mol. The van der Waals surface area contributed by atoms with Gasteiger partial charge in [0.25, 0.3) is 5.69 Å². The summed E-state index contributed by atoms with van der Waals surface area (Å²) in [6.45, 7) is 1.53. The minimum atomic E-state index is -0.473. The van der Waals surface area contributed by atoms with Crippen molar-refractivity contribution in [2.45, 2.75) is 6.04 Å². The Balaban J connectivity index is 2.42. The number of nitrogens with zero attached hydrogens (tertiary/aromatic N) is 2. The molecule has 1 heterocycles. The molecule has 0 amide bonds. The molecule has 0 saturated carbocycles. The molecule has 0 aliphatic carbocycles. The van der Waals surface area contributed by atoms with Crippen LogP contribution in [0, 0.1) is 19.5 Å². The SMILES string of the molecule is CN(c1cc(F)c(I)cc1[N+](=O)[O-])C1CNC1. The normalized spacial score (nSPS) is 15.5. The Kier molecular flexibility index (Phi) is 3.48. The fourth-order valence-electron chi connectivity index (χ4n) is 1.70. The predicted octanol–water partition coefficient (Wildman–Crippen LogP) is 1.75. The summed E-state index contributed by atoms with van der Waals surface area (Å²) in [6, 6.07) is 2.69. The Bertz CT molecular complexity index is 465. The first-order valence-electron chi connectivity index (χ1n) is 5.07. The molecule has 92 valence electrons. The molecule has 0 aromatic heterocycles. The summed E-state index contributed by atoms with van der Waals surface area (Å²) in [5.41, 5.74) is 0.282. The van der Waals surface area contributed by atoms with Gasteiger partial charge in [0.2, 0.25) is 0 Å². The molecule has 0 spiro atoms. The van der Waals surface area contributed by atoms with E-state index in [1.807, 2.05) is 0 Å². The second-order valence-electron chi connectivity index (χ2n) is 3.94. The van der Waals surface area contributed by atoms with Gasteiger partial charge in [-0.1, -0.05) is 0 Å². The van der Waals surface area contributed by atoms with Crippen LogP contribution in [0.25, 0.3) is 0 Å². The molecule has 17 heavy (non-hydrogen) atoms. The van der Waals surface area contributed by atoms with Crippen LogP contribution in [0.5, 0.6) is 0 Å². The van der Waals surface area contributed by atoms with E-state index < -0.39 is 10.7 Å². The number of rotatable bonds is 3. The molecule has 0 unspecified atom stereocenters. The molecule has 1 aromatic carbocycles. The van der Waals surface area contributed by atoms with Crippen LogP contribution in [0.15, 0.2) is 12.1 Å². The van der Waals surface area contributed by atoms with Gasteiger partial charge in [0.1, 0.15) is 11.5 Å². The first kappa shape index (κ1) is 12.5. The number of nitro groups is 1. The zero-order chi connectivity index (χ0) is 12.6. The highest BCUT2D eigenvalue weighted by molar-refractivity contribution is 14.1. The van der Waals surface area contributed by atoms with E-state index in [-0.39, 0.29) is 15.3 Å². The number of nitro benzene ring substituents is 1. The van der Waals surface area contributed by atoms with Gasteiger partial charge in [-0.25, -0.2) is 4.39 Å². The van der Waals surface area contributed by atoms with Gasteiger partial charge in [0, 0.05) is 32.3 Å². The Hall–Kier alpha value is -0.960. The molecule has 2 rings (SSSR count). The fourth-order valence-corrected chi connectivity index (χ4v) is 2.15. The van der Waals surface area contributed by atoms with E-state index in [1.54, 1.807) is 34.5 Å². The van der Waals surface area contributed by atoms with E-state index >= 15 is 0 Å². The smallest absolute Gasteiger partial charge is 0.293 e. The second-order valence-corrected chi connectivity index (χ2v) is 5.10. The zero-order valence-corrected chi connectivity index (χ0v) is 11.3. The topological polar surface area (TPSA) is 58.4 Å². The lowest BCUT2D eigenvalue weighted by molar-refractivity contribution is -0.384. The fraction of sp³-hybridized carbons (Fsp3) is 0.400. The summed E-state index contributed by atoms with van der Waals surface area (Å²) < 4.78 is 13.8. The van der Waals surface area contributed by atoms with Crippen molar-refractivity contribution in [3.8, 4) is 0 Å². The van der Waals surface area contributed by atoms with Crippen molar-refractivity contribution >= 4 is 34.0 Å². The highest BCUT2D eigenvalue weighted by atomic mass is 127. The quantitative estimate of drug-likeness (QED) is 0.512. The lowest BCUT2D eigenvalue weighted by atomic mass is 10.1. The van der Waals surface area contributed by atoms with Gasteiger partial charge in [0.15, 0.2) is 0 Å². The number of halogens is 2. The summed E-state index contributed by atoms with van der Waals surface area (Å²) in [5, 5.41) is 14.0. The van der Waals surface area contributed by atoms with Gasteiger partial charge in [-0.15, -0.1) is 0 Å². The Morgan fingerprint density at radius 1 is 1.59 bits per heavy atom. The molecule has 0 atom stereocenters. The molecule has 1 aliphatic heterocycles. The van der Waals surface area contributed by atoms with Crippen LogP contribution >= 0.6 is 22.6 Å². The van der Waals surface area contributed by atoms with Crippen molar-refractivity contribution in [1.82, 2.24) is 5.32 Å². The molecule has 5 nitrogen and oxygen atoms in total. The monoisotopic (exact) mass is 351 g/mol. The summed E-state index contributed by atoms with van der Waals surface area (Å²) in [5.74, 6) is -0.426. The molecular formula is C10H11FIN3O2. The minimum Gasteiger partial charge on any atom is -0.363 e. The largest absolute Gasteiger partial charge is 0.363 e. The molecule has 1 N–H and O–H groups in total. The standard InChI is InChI=1S/C10H11FIN3O2/c1-14(6-4-13-5-6)9-2-7(11)8(12)3-10(9)15(16)17/h2-3,6,13H,4-5H2,1H3. The maximum Gasteiger partial charge on any atom is 0.293 e. The van der Waals surface area contributed by atoms with E-state index in [4.69, 9.17) is 0 Å². The lowest BCUT2D eigenvalue weighted by Crippen LogP contribution is -2.56. The third-order valence-corrected chi connectivity index (χ3v) is 3.73. The lowest BCUT2D eigenvalue weighted by Gasteiger charge is -2.36. The van der Waals surface area contributed by atoms with Crippen LogP contribution in [0.3, 0.4) is 0 Å². The molecule has 1 saturated heterocycles. The highest BCUT2D eigenvalue weighted by Gasteiger charge is 2.28. The van der Waals surface area contributed by atoms with E-state index in [9.17, 15) is 14.5 Å². The van der Waals surface area contributed by atoms with Gasteiger partial charge >= 0.3 is 0 Å². The number of hydrogen-bond donors (Lipinski definition) is 1. The zero-order valence-electron chi connectivity index (χ0n) is 9.11. The average Bonchev–Trinajstić information content (AvgIpc) is 2.18. The summed E-state index contributed by atoms with van der Waals surface area (Å²) >= 11 is 1.75. The highest BCUT2D eigenvalue weighted by Crippen LogP contribution is 2.32. The van der Waals surface area contributed by atoms with Crippen molar-refractivity contribution in [3.05, 3.63) is 31.6 Å². The number of nitrogens with one attached hydrogen (secondary N) is 1. The molecule has 0 radical (unpaired) electrons. The van der Waals surface area contributed by atoms with Crippen LogP contribution in [-0.4, -0.2) is 31.1 Å². The number of likely N-dealkylation sites (N-methyl/N-ethyl adjacent to an activating group) is 1. The van der Waals surface area contributed by atoms with Crippen LogP contribution in [0.2, 0.25) is 0 Å². The van der Waals surface area contributed by atoms with Gasteiger partial charge in [0.05, 0.1) is 14.5 Å². The maximum absolute atomic E-state index is 13.5. The van der Waals surface area contributed by atoms with E-state index in [2.05, 4.69) is 5.32 Å².